The molecule has 0 N–H and O–H groups in total. The van der Waals surface area contributed by atoms with Crippen molar-refractivity contribution in [3.8, 4) is 0 Å². The first-order chi connectivity index (χ1) is 6.65. The van der Waals surface area contributed by atoms with E-state index in [0.29, 0.717) is 6.42 Å². The van der Waals surface area contributed by atoms with E-state index in [0.717, 1.165) is 12.0 Å². The Bertz CT molecular complexity index is 348. The highest BCUT2D eigenvalue weighted by molar-refractivity contribution is 5.71. The van der Waals surface area contributed by atoms with E-state index in [1.807, 2.05) is 0 Å². The Morgan fingerprint density at radius 3 is 2.36 bits per heavy atom. The number of carbonyl (C=O) groups is 1. The molecule has 2 rings (SSSR count). The smallest absolute Gasteiger partial charge is 0.306 e. The zero-order valence-corrected chi connectivity index (χ0v) is 8.54. The molecule has 1 atom stereocenters. The monoisotopic (exact) mass is 190 g/mol. The van der Waals surface area contributed by atoms with E-state index in [2.05, 4.69) is 32.0 Å². The van der Waals surface area contributed by atoms with Gasteiger partial charge in [0.1, 0.15) is 6.10 Å². The number of cyclic esters (lactones) is 1. The molecule has 1 fully saturated rings. The first kappa shape index (κ1) is 9.25. The van der Waals surface area contributed by atoms with Crippen molar-refractivity contribution in [1.29, 1.82) is 0 Å². The number of ether oxygens (including phenoxy) is 1. The Hall–Kier alpha value is -1.31. The van der Waals surface area contributed by atoms with Crippen LogP contribution in [0.2, 0.25) is 0 Å². The molecule has 0 saturated carbocycles. The topological polar surface area (TPSA) is 26.3 Å². The minimum atomic E-state index is -0.0749. The van der Waals surface area contributed by atoms with Gasteiger partial charge in [0.15, 0.2) is 0 Å². The molecule has 1 aliphatic rings. The number of esters is 1. The molecule has 0 amide bonds. The van der Waals surface area contributed by atoms with Crippen LogP contribution in [0.5, 0.6) is 0 Å². The van der Waals surface area contributed by atoms with Crippen LogP contribution in [-0.2, 0) is 9.53 Å². The fourth-order valence-corrected chi connectivity index (χ4v) is 1.96. The van der Waals surface area contributed by atoms with Gasteiger partial charge in [-0.1, -0.05) is 29.3 Å². The molecule has 0 aromatic heterocycles. The van der Waals surface area contributed by atoms with Crippen molar-refractivity contribution in [2.75, 3.05) is 0 Å². The van der Waals surface area contributed by atoms with Crippen molar-refractivity contribution in [3.05, 3.63) is 34.9 Å². The van der Waals surface area contributed by atoms with Gasteiger partial charge in [0.2, 0.25) is 0 Å². The van der Waals surface area contributed by atoms with Gasteiger partial charge in [-0.05, 0) is 25.8 Å². The third-order valence-corrected chi connectivity index (χ3v) is 2.50. The number of aryl methyl sites for hydroxylation is 2. The standard InChI is InChI=1S/C12H14O2/c1-8-5-9(2)7-10(6-8)11-3-4-12(13)14-11/h5-7,11H,3-4H2,1-2H3/t11-/m0/s1. The van der Waals surface area contributed by atoms with Gasteiger partial charge in [0, 0.05) is 6.42 Å². The Morgan fingerprint density at radius 1 is 1.21 bits per heavy atom. The highest BCUT2D eigenvalue weighted by atomic mass is 16.5. The van der Waals surface area contributed by atoms with Crippen LogP contribution in [0, 0.1) is 13.8 Å². The van der Waals surface area contributed by atoms with Crippen LogP contribution in [0.15, 0.2) is 18.2 Å². The molecule has 0 unspecified atom stereocenters. The van der Waals surface area contributed by atoms with Crippen LogP contribution < -0.4 is 0 Å². The van der Waals surface area contributed by atoms with Crippen LogP contribution in [0.1, 0.15) is 35.6 Å². The number of hydrogen-bond donors (Lipinski definition) is 0. The Kier molecular flexibility index (Phi) is 2.28. The molecule has 2 nitrogen and oxygen atoms in total. The van der Waals surface area contributed by atoms with Gasteiger partial charge in [0.05, 0.1) is 0 Å². The second-order valence-electron chi connectivity index (χ2n) is 3.94. The van der Waals surface area contributed by atoms with Gasteiger partial charge < -0.3 is 4.74 Å². The second-order valence-corrected chi connectivity index (χ2v) is 3.94. The molecule has 0 bridgehead atoms. The van der Waals surface area contributed by atoms with E-state index >= 15 is 0 Å². The predicted octanol–water partition coefficient (Wildman–Crippen LogP) is 2.68. The zero-order valence-electron chi connectivity index (χ0n) is 8.54. The molecule has 2 heteroatoms. The Labute approximate surface area is 83.9 Å². The lowest BCUT2D eigenvalue weighted by molar-refractivity contribution is -0.141. The summed E-state index contributed by atoms with van der Waals surface area (Å²) in [6, 6.07) is 6.31. The summed E-state index contributed by atoms with van der Waals surface area (Å²) in [5, 5.41) is 0. The summed E-state index contributed by atoms with van der Waals surface area (Å²) in [5.41, 5.74) is 3.58. The largest absolute Gasteiger partial charge is 0.457 e. The molecule has 1 aromatic rings. The summed E-state index contributed by atoms with van der Waals surface area (Å²) < 4.78 is 5.22. The van der Waals surface area contributed by atoms with Crippen LogP contribution in [0.3, 0.4) is 0 Å². The average molecular weight is 190 g/mol. The molecule has 1 aliphatic heterocycles. The van der Waals surface area contributed by atoms with Crippen molar-refractivity contribution >= 4 is 5.97 Å². The first-order valence-corrected chi connectivity index (χ1v) is 4.93. The van der Waals surface area contributed by atoms with E-state index in [9.17, 15) is 4.79 Å². The lowest BCUT2D eigenvalue weighted by Crippen LogP contribution is -1.99. The predicted molar refractivity (Wildman–Crippen MR) is 54.0 cm³/mol. The van der Waals surface area contributed by atoms with Crippen LogP contribution >= 0.6 is 0 Å². The van der Waals surface area contributed by atoms with Gasteiger partial charge in [-0.15, -0.1) is 0 Å². The molecule has 14 heavy (non-hydrogen) atoms. The maximum absolute atomic E-state index is 11.0. The van der Waals surface area contributed by atoms with Crippen molar-refractivity contribution in [3.63, 3.8) is 0 Å². The molecule has 74 valence electrons. The molecule has 0 radical (unpaired) electrons. The second kappa shape index (κ2) is 3.45. The van der Waals surface area contributed by atoms with Crippen molar-refractivity contribution < 1.29 is 9.53 Å². The van der Waals surface area contributed by atoms with Crippen molar-refractivity contribution in [2.45, 2.75) is 32.8 Å². The normalized spacial score (nSPS) is 21.0. The molecular weight excluding hydrogens is 176 g/mol. The third kappa shape index (κ3) is 1.79. The van der Waals surface area contributed by atoms with E-state index < -0.39 is 0 Å². The number of hydrogen-bond acceptors (Lipinski definition) is 2. The Balaban J connectivity index is 2.27. The quantitative estimate of drug-likeness (QED) is 0.636. The summed E-state index contributed by atoms with van der Waals surface area (Å²) in [5.74, 6) is -0.0749. The summed E-state index contributed by atoms with van der Waals surface area (Å²) in [6.07, 6.45) is 1.36. The van der Waals surface area contributed by atoms with Crippen molar-refractivity contribution in [2.24, 2.45) is 0 Å². The maximum Gasteiger partial charge on any atom is 0.306 e. The van der Waals surface area contributed by atoms with Gasteiger partial charge in [-0.3, -0.25) is 4.79 Å². The molecule has 0 aliphatic carbocycles. The molecular formula is C12H14O2. The summed E-state index contributed by atoms with van der Waals surface area (Å²) in [7, 11) is 0. The molecule has 0 spiro atoms. The molecule has 1 heterocycles. The van der Waals surface area contributed by atoms with E-state index in [1.54, 1.807) is 0 Å². The summed E-state index contributed by atoms with van der Waals surface area (Å²) in [4.78, 5) is 11.0. The highest BCUT2D eigenvalue weighted by Gasteiger charge is 2.24. The van der Waals surface area contributed by atoms with E-state index in [-0.39, 0.29) is 12.1 Å². The minimum absolute atomic E-state index is 0.0129. The molecule has 1 aromatic carbocycles. The van der Waals surface area contributed by atoms with Gasteiger partial charge in [-0.2, -0.15) is 0 Å². The molecule has 1 saturated heterocycles. The number of rotatable bonds is 1. The van der Waals surface area contributed by atoms with Crippen LogP contribution in [0.25, 0.3) is 0 Å². The Morgan fingerprint density at radius 2 is 1.86 bits per heavy atom. The SMILES string of the molecule is Cc1cc(C)cc([C@@H]2CCC(=O)O2)c1. The minimum Gasteiger partial charge on any atom is -0.457 e. The fraction of sp³-hybridized carbons (Fsp3) is 0.417. The van der Waals surface area contributed by atoms with E-state index in [4.69, 9.17) is 4.74 Å². The summed E-state index contributed by atoms with van der Waals surface area (Å²) in [6.45, 7) is 4.13. The lowest BCUT2D eigenvalue weighted by Gasteiger charge is -2.11. The van der Waals surface area contributed by atoms with Gasteiger partial charge in [-0.25, -0.2) is 0 Å². The van der Waals surface area contributed by atoms with Crippen molar-refractivity contribution in [1.82, 2.24) is 0 Å². The van der Waals surface area contributed by atoms with Crippen LogP contribution in [-0.4, -0.2) is 5.97 Å². The lowest BCUT2D eigenvalue weighted by atomic mass is 10.0. The van der Waals surface area contributed by atoms with Gasteiger partial charge in [0.25, 0.3) is 0 Å². The number of benzene rings is 1. The van der Waals surface area contributed by atoms with E-state index in [1.165, 1.54) is 11.1 Å². The van der Waals surface area contributed by atoms with Gasteiger partial charge >= 0.3 is 5.97 Å². The maximum atomic E-state index is 11.0. The average Bonchev–Trinajstić information content (AvgIpc) is 2.50. The van der Waals surface area contributed by atoms with Crippen LogP contribution in [0.4, 0.5) is 0 Å². The fourth-order valence-electron chi connectivity index (χ4n) is 1.96. The summed E-state index contributed by atoms with van der Waals surface area (Å²) >= 11 is 0. The third-order valence-electron chi connectivity index (χ3n) is 2.50. The number of carbonyl (C=O) groups excluding carboxylic acids is 1. The first-order valence-electron chi connectivity index (χ1n) is 4.93. The highest BCUT2D eigenvalue weighted by Crippen LogP contribution is 2.30. The zero-order chi connectivity index (χ0) is 10.1.